The fourth-order valence-electron chi connectivity index (χ4n) is 2.46. The SMILES string of the molecule is CCOC(C(=O)NCc1ccc(C(=N)N)cc1)c1c(F)ccc(C=O)c1F. The number of amides is 1. The molecule has 0 radical (unpaired) electrons. The molecule has 27 heavy (non-hydrogen) atoms. The van der Waals surface area contributed by atoms with Crippen LogP contribution < -0.4 is 11.1 Å². The molecule has 0 aliphatic heterocycles. The highest BCUT2D eigenvalue weighted by Crippen LogP contribution is 2.26. The fraction of sp³-hybridized carbons (Fsp3) is 0.211. The van der Waals surface area contributed by atoms with Crippen molar-refractivity contribution in [2.75, 3.05) is 6.61 Å². The second-order valence-corrected chi connectivity index (χ2v) is 5.65. The van der Waals surface area contributed by atoms with E-state index in [2.05, 4.69) is 5.32 Å². The third-order valence-corrected chi connectivity index (χ3v) is 3.85. The summed E-state index contributed by atoms with van der Waals surface area (Å²) in [5, 5.41) is 9.90. The average molecular weight is 375 g/mol. The standard InChI is InChI=1S/C19H19F2N3O3/c1-2-27-17(15-14(20)8-7-13(10-25)16(15)21)19(26)24-9-11-3-5-12(6-4-11)18(22)23/h3-8,10,17H,2,9H2,1H3,(H3,22,23)(H,24,26). The van der Waals surface area contributed by atoms with E-state index in [1.165, 1.54) is 0 Å². The Kier molecular flexibility index (Phi) is 6.73. The van der Waals surface area contributed by atoms with Gasteiger partial charge in [0.15, 0.2) is 12.4 Å². The first-order valence-corrected chi connectivity index (χ1v) is 8.14. The van der Waals surface area contributed by atoms with Crippen LogP contribution in [-0.4, -0.2) is 24.6 Å². The lowest BCUT2D eigenvalue weighted by atomic mass is 10.0. The Balaban J connectivity index is 2.20. The van der Waals surface area contributed by atoms with Gasteiger partial charge in [-0.15, -0.1) is 0 Å². The van der Waals surface area contributed by atoms with Crippen molar-refractivity contribution in [1.82, 2.24) is 5.32 Å². The highest BCUT2D eigenvalue weighted by Gasteiger charge is 2.29. The molecule has 2 rings (SSSR count). The summed E-state index contributed by atoms with van der Waals surface area (Å²) in [4.78, 5) is 23.4. The third-order valence-electron chi connectivity index (χ3n) is 3.85. The Morgan fingerprint density at radius 1 is 1.26 bits per heavy atom. The van der Waals surface area contributed by atoms with Crippen molar-refractivity contribution in [1.29, 1.82) is 5.41 Å². The average Bonchev–Trinajstić information content (AvgIpc) is 2.66. The Bertz CT molecular complexity index is 854. The highest BCUT2D eigenvalue weighted by molar-refractivity contribution is 5.94. The minimum Gasteiger partial charge on any atom is -0.384 e. The molecule has 6 nitrogen and oxygen atoms in total. The minimum atomic E-state index is -1.54. The molecular weight excluding hydrogens is 356 g/mol. The summed E-state index contributed by atoms with van der Waals surface area (Å²) in [6.07, 6.45) is -1.29. The summed E-state index contributed by atoms with van der Waals surface area (Å²) >= 11 is 0. The summed E-state index contributed by atoms with van der Waals surface area (Å²) in [6.45, 7) is 1.70. The van der Waals surface area contributed by atoms with Gasteiger partial charge in [-0.05, 0) is 24.6 Å². The van der Waals surface area contributed by atoms with E-state index in [0.29, 0.717) is 11.1 Å². The number of benzene rings is 2. The number of nitrogens with two attached hydrogens (primary N) is 1. The predicted octanol–water partition coefficient (Wildman–Crippen LogP) is 2.46. The van der Waals surface area contributed by atoms with E-state index in [-0.39, 0.29) is 30.8 Å². The summed E-state index contributed by atoms with van der Waals surface area (Å²) < 4.78 is 33.8. The van der Waals surface area contributed by atoms with Crippen molar-refractivity contribution in [3.63, 3.8) is 0 Å². The second kappa shape index (κ2) is 9.00. The van der Waals surface area contributed by atoms with Crippen molar-refractivity contribution in [2.24, 2.45) is 5.73 Å². The van der Waals surface area contributed by atoms with E-state index < -0.39 is 29.2 Å². The van der Waals surface area contributed by atoms with E-state index in [1.54, 1.807) is 31.2 Å². The summed E-state index contributed by atoms with van der Waals surface area (Å²) in [6, 6.07) is 8.50. The van der Waals surface area contributed by atoms with Gasteiger partial charge in [0.25, 0.3) is 5.91 Å². The van der Waals surface area contributed by atoms with Crippen LogP contribution in [0.1, 0.15) is 40.1 Å². The Morgan fingerprint density at radius 2 is 1.93 bits per heavy atom. The number of aldehydes is 1. The smallest absolute Gasteiger partial charge is 0.254 e. The molecule has 0 saturated carbocycles. The van der Waals surface area contributed by atoms with Gasteiger partial charge < -0.3 is 15.8 Å². The van der Waals surface area contributed by atoms with Crippen LogP contribution in [0.4, 0.5) is 8.78 Å². The molecule has 0 aromatic heterocycles. The maximum atomic E-state index is 14.4. The highest BCUT2D eigenvalue weighted by atomic mass is 19.1. The largest absolute Gasteiger partial charge is 0.384 e. The van der Waals surface area contributed by atoms with Crippen molar-refractivity contribution in [3.8, 4) is 0 Å². The van der Waals surface area contributed by atoms with Crippen LogP contribution in [0.15, 0.2) is 36.4 Å². The van der Waals surface area contributed by atoms with Gasteiger partial charge >= 0.3 is 0 Å². The number of nitrogens with one attached hydrogen (secondary N) is 2. The second-order valence-electron chi connectivity index (χ2n) is 5.65. The lowest BCUT2D eigenvalue weighted by Crippen LogP contribution is -2.32. The van der Waals surface area contributed by atoms with E-state index in [0.717, 1.165) is 12.1 Å². The van der Waals surface area contributed by atoms with Gasteiger partial charge in [-0.2, -0.15) is 0 Å². The zero-order valence-corrected chi connectivity index (χ0v) is 14.6. The number of ether oxygens (including phenoxy) is 1. The van der Waals surface area contributed by atoms with Crippen LogP contribution in [0.2, 0.25) is 0 Å². The van der Waals surface area contributed by atoms with Crippen molar-refractivity contribution >= 4 is 18.0 Å². The van der Waals surface area contributed by atoms with E-state index in [4.69, 9.17) is 15.9 Å². The number of rotatable bonds is 8. The van der Waals surface area contributed by atoms with Crippen molar-refractivity contribution in [2.45, 2.75) is 19.6 Å². The monoisotopic (exact) mass is 375 g/mol. The quantitative estimate of drug-likeness (QED) is 0.374. The topological polar surface area (TPSA) is 105 Å². The maximum absolute atomic E-state index is 14.4. The summed E-state index contributed by atoms with van der Waals surface area (Å²) in [5.41, 5.74) is 5.65. The zero-order chi connectivity index (χ0) is 20.0. The van der Waals surface area contributed by atoms with Gasteiger partial charge in [0.05, 0.1) is 11.1 Å². The molecule has 8 heteroatoms. The number of carbonyl (C=O) groups is 2. The third kappa shape index (κ3) is 4.73. The molecule has 1 amide bonds. The normalized spacial score (nSPS) is 11.7. The number of halogens is 2. The first kappa shape index (κ1) is 20.2. The minimum absolute atomic E-state index is 0.0373. The molecule has 0 saturated heterocycles. The first-order valence-electron chi connectivity index (χ1n) is 8.14. The summed E-state index contributed by atoms with van der Waals surface area (Å²) in [5.74, 6) is -2.92. The lowest BCUT2D eigenvalue weighted by molar-refractivity contribution is -0.133. The molecule has 4 N–H and O–H groups in total. The van der Waals surface area contributed by atoms with Crippen LogP contribution >= 0.6 is 0 Å². The van der Waals surface area contributed by atoms with Gasteiger partial charge in [-0.3, -0.25) is 15.0 Å². The molecule has 1 unspecified atom stereocenters. The molecule has 0 aliphatic rings. The molecule has 0 heterocycles. The van der Waals surface area contributed by atoms with E-state index in [1.807, 2.05) is 0 Å². The Morgan fingerprint density at radius 3 is 2.48 bits per heavy atom. The molecule has 0 fully saturated rings. The van der Waals surface area contributed by atoms with Crippen LogP contribution in [-0.2, 0) is 16.1 Å². The van der Waals surface area contributed by atoms with Gasteiger partial charge in [0.1, 0.15) is 17.5 Å². The van der Waals surface area contributed by atoms with Gasteiger partial charge in [0, 0.05) is 18.7 Å². The molecule has 0 aliphatic carbocycles. The maximum Gasteiger partial charge on any atom is 0.254 e. The van der Waals surface area contributed by atoms with Crippen LogP contribution in [0.3, 0.4) is 0 Å². The Hall–Kier alpha value is -3.13. The zero-order valence-electron chi connectivity index (χ0n) is 14.6. The molecule has 2 aromatic carbocycles. The first-order chi connectivity index (χ1) is 12.9. The molecule has 2 aromatic rings. The van der Waals surface area contributed by atoms with Crippen molar-refractivity contribution in [3.05, 3.63) is 70.3 Å². The molecule has 1 atom stereocenters. The van der Waals surface area contributed by atoms with Gasteiger partial charge in [-0.1, -0.05) is 24.3 Å². The van der Waals surface area contributed by atoms with Crippen LogP contribution in [0.5, 0.6) is 0 Å². The molecule has 142 valence electrons. The molecule has 0 spiro atoms. The molecule has 0 bridgehead atoms. The Labute approximate surface area is 154 Å². The number of nitrogen functional groups attached to an aromatic ring is 1. The molecular formula is C19H19F2N3O3. The predicted molar refractivity (Wildman–Crippen MR) is 95.4 cm³/mol. The van der Waals surface area contributed by atoms with Crippen LogP contribution in [0.25, 0.3) is 0 Å². The number of hydrogen-bond acceptors (Lipinski definition) is 4. The van der Waals surface area contributed by atoms with Gasteiger partial charge in [0.2, 0.25) is 0 Å². The number of hydrogen-bond donors (Lipinski definition) is 3. The number of carbonyl (C=O) groups excluding carboxylic acids is 2. The van der Waals surface area contributed by atoms with E-state index in [9.17, 15) is 18.4 Å². The van der Waals surface area contributed by atoms with Crippen molar-refractivity contribution < 1.29 is 23.1 Å². The number of amidine groups is 1. The van der Waals surface area contributed by atoms with Gasteiger partial charge in [-0.25, -0.2) is 8.78 Å². The summed E-state index contributed by atoms with van der Waals surface area (Å²) in [7, 11) is 0. The van der Waals surface area contributed by atoms with E-state index >= 15 is 0 Å². The fourth-order valence-corrected chi connectivity index (χ4v) is 2.46. The van der Waals surface area contributed by atoms with Crippen LogP contribution in [0, 0.1) is 17.0 Å². The lowest BCUT2D eigenvalue weighted by Gasteiger charge is -2.19.